The molecule has 2 N–H and O–H groups in total. The maximum Gasteiger partial charge on any atom is 0.307 e. The van der Waals surface area contributed by atoms with Gasteiger partial charge in [0.25, 0.3) is 5.69 Å². The molecule has 21 heavy (non-hydrogen) atoms. The largest absolute Gasteiger partial charge is 0.466 e. The molecule has 0 atom stereocenters. The molecule has 1 aliphatic heterocycles. The molecule has 1 aromatic carbocycles. The van der Waals surface area contributed by atoms with Gasteiger partial charge in [0, 0.05) is 18.3 Å². The molecule has 1 aromatic rings. The first-order valence-electron chi connectivity index (χ1n) is 6.52. The van der Waals surface area contributed by atoms with Crippen LogP contribution in [0.4, 0.5) is 17.1 Å². The molecule has 0 unspecified atom stereocenters. The molecule has 2 rings (SSSR count). The smallest absolute Gasteiger partial charge is 0.307 e. The summed E-state index contributed by atoms with van der Waals surface area (Å²) in [5.74, 6) is -0.565. The highest BCUT2D eigenvalue weighted by Gasteiger charge is 2.24. The number of carbonyl (C=O) groups excluding carboxylic acids is 2. The van der Waals surface area contributed by atoms with Crippen LogP contribution in [0.3, 0.4) is 0 Å². The third kappa shape index (κ3) is 3.47. The number of amides is 1. The van der Waals surface area contributed by atoms with E-state index >= 15 is 0 Å². The van der Waals surface area contributed by atoms with E-state index in [1.165, 1.54) is 12.1 Å². The number of hydrogen-bond acceptors (Lipinski definition) is 6. The van der Waals surface area contributed by atoms with Crippen molar-refractivity contribution >= 4 is 28.9 Å². The molecule has 0 radical (unpaired) electrons. The second kappa shape index (κ2) is 6.21. The minimum atomic E-state index is -0.518. The van der Waals surface area contributed by atoms with E-state index in [1.807, 2.05) is 0 Å². The van der Waals surface area contributed by atoms with Crippen molar-refractivity contribution in [3.8, 4) is 0 Å². The van der Waals surface area contributed by atoms with Crippen LogP contribution in [0.5, 0.6) is 0 Å². The van der Waals surface area contributed by atoms with E-state index in [2.05, 4.69) is 10.6 Å². The van der Waals surface area contributed by atoms with E-state index in [1.54, 1.807) is 6.92 Å². The summed E-state index contributed by atoms with van der Waals surface area (Å²) in [6.07, 6.45) is 0.244. The van der Waals surface area contributed by atoms with Gasteiger partial charge in [-0.05, 0) is 18.6 Å². The van der Waals surface area contributed by atoms with Crippen LogP contribution in [0.2, 0.25) is 0 Å². The molecule has 0 saturated carbocycles. The monoisotopic (exact) mass is 293 g/mol. The standard InChI is InChI=1S/C13H15N3O5/c1-2-21-13(18)3-4-14-10-7-9-8(6-12(17)15-9)5-11(10)16(19)20/h5,7,14H,2-4,6H2,1H3,(H,15,17). The molecule has 1 amide bonds. The minimum Gasteiger partial charge on any atom is -0.466 e. The van der Waals surface area contributed by atoms with Crippen LogP contribution in [0.25, 0.3) is 0 Å². The summed E-state index contributed by atoms with van der Waals surface area (Å²) in [6.45, 7) is 2.22. The van der Waals surface area contributed by atoms with Crippen molar-refractivity contribution in [2.24, 2.45) is 0 Å². The maximum atomic E-state index is 11.3. The van der Waals surface area contributed by atoms with Gasteiger partial charge in [-0.3, -0.25) is 19.7 Å². The first-order valence-corrected chi connectivity index (χ1v) is 6.52. The number of esters is 1. The van der Waals surface area contributed by atoms with Crippen molar-refractivity contribution in [3.63, 3.8) is 0 Å². The molecule has 8 heteroatoms. The van der Waals surface area contributed by atoms with Gasteiger partial charge < -0.3 is 15.4 Å². The summed E-state index contributed by atoms with van der Waals surface area (Å²) in [5, 5.41) is 16.5. The maximum absolute atomic E-state index is 11.3. The van der Waals surface area contributed by atoms with E-state index in [0.717, 1.165) is 0 Å². The van der Waals surface area contributed by atoms with E-state index in [0.29, 0.717) is 17.9 Å². The van der Waals surface area contributed by atoms with Crippen molar-refractivity contribution in [2.45, 2.75) is 19.8 Å². The first-order chi connectivity index (χ1) is 10.0. The normalized spacial score (nSPS) is 12.5. The number of carbonyl (C=O) groups is 2. The third-order valence-corrected chi connectivity index (χ3v) is 2.99. The van der Waals surface area contributed by atoms with Gasteiger partial charge in [0.15, 0.2) is 0 Å². The molecule has 0 aromatic heterocycles. The molecule has 1 heterocycles. The van der Waals surface area contributed by atoms with Gasteiger partial charge in [-0.25, -0.2) is 0 Å². The van der Waals surface area contributed by atoms with Crippen LogP contribution in [0.1, 0.15) is 18.9 Å². The summed E-state index contributed by atoms with van der Waals surface area (Å²) in [6, 6.07) is 2.89. The summed E-state index contributed by atoms with van der Waals surface area (Å²) in [4.78, 5) is 33.1. The Balaban J connectivity index is 2.11. The molecule has 112 valence electrons. The quantitative estimate of drug-likeness (QED) is 0.466. The van der Waals surface area contributed by atoms with E-state index in [-0.39, 0.29) is 42.6 Å². The van der Waals surface area contributed by atoms with Gasteiger partial charge in [0.2, 0.25) is 5.91 Å². The average Bonchev–Trinajstić information content (AvgIpc) is 2.77. The number of hydrogen-bond donors (Lipinski definition) is 2. The predicted octanol–water partition coefficient (Wildman–Crippen LogP) is 1.45. The van der Waals surface area contributed by atoms with Gasteiger partial charge in [-0.1, -0.05) is 0 Å². The van der Waals surface area contributed by atoms with Crippen molar-refractivity contribution in [2.75, 3.05) is 23.8 Å². The lowest BCUT2D eigenvalue weighted by Gasteiger charge is -2.09. The Bertz CT molecular complexity index is 600. The second-order valence-electron chi connectivity index (χ2n) is 4.49. The fourth-order valence-corrected chi connectivity index (χ4v) is 2.09. The average molecular weight is 293 g/mol. The number of ether oxygens (including phenoxy) is 1. The lowest BCUT2D eigenvalue weighted by Crippen LogP contribution is -2.12. The number of nitro benzene ring substituents is 1. The number of nitro groups is 1. The van der Waals surface area contributed by atoms with Gasteiger partial charge >= 0.3 is 5.97 Å². The third-order valence-electron chi connectivity index (χ3n) is 2.99. The second-order valence-corrected chi connectivity index (χ2v) is 4.49. The number of rotatable bonds is 6. The Labute approximate surface area is 120 Å². The van der Waals surface area contributed by atoms with Crippen LogP contribution in [-0.4, -0.2) is 30.0 Å². The van der Waals surface area contributed by atoms with Gasteiger partial charge in [-0.2, -0.15) is 0 Å². The SMILES string of the molecule is CCOC(=O)CCNc1cc2c(cc1[N+](=O)[O-])CC(=O)N2. The molecule has 0 aliphatic carbocycles. The number of benzene rings is 1. The van der Waals surface area contributed by atoms with E-state index in [4.69, 9.17) is 4.74 Å². The van der Waals surface area contributed by atoms with Crippen molar-refractivity contribution in [3.05, 3.63) is 27.8 Å². The van der Waals surface area contributed by atoms with Gasteiger partial charge in [0.05, 0.1) is 24.4 Å². The van der Waals surface area contributed by atoms with Crippen molar-refractivity contribution < 1.29 is 19.2 Å². The fourth-order valence-electron chi connectivity index (χ4n) is 2.09. The lowest BCUT2D eigenvalue weighted by atomic mass is 10.1. The highest BCUT2D eigenvalue weighted by atomic mass is 16.6. The zero-order valence-corrected chi connectivity index (χ0v) is 11.5. The van der Waals surface area contributed by atoms with Crippen LogP contribution in [0.15, 0.2) is 12.1 Å². The van der Waals surface area contributed by atoms with Crippen molar-refractivity contribution in [1.29, 1.82) is 0 Å². The van der Waals surface area contributed by atoms with Crippen LogP contribution in [0, 0.1) is 10.1 Å². The number of nitrogens with zero attached hydrogens (tertiary/aromatic N) is 1. The Kier molecular flexibility index (Phi) is 4.36. The molecule has 0 saturated heterocycles. The van der Waals surface area contributed by atoms with Gasteiger partial charge in [0.1, 0.15) is 5.69 Å². The zero-order valence-electron chi connectivity index (χ0n) is 11.5. The Morgan fingerprint density at radius 2 is 2.29 bits per heavy atom. The topological polar surface area (TPSA) is 111 Å². The van der Waals surface area contributed by atoms with Crippen LogP contribution < -0.4 is 10.6 Å². The lowest BCUT2D eigenvalue weighted by molar-refractivity contribution is -0.384. The summed E-state index contributed by atoms with van der Waals surface area (Å²) >= 11 is 0. The molecule has 0 spiro atoms. The summed E-state index contributed by atoms with van der Waals surface area (Å²) in [7, 11) is 0. The fraction of sp³-hybridized carbons (Fsp3) is 0.385. The molecule has 1 aliphatic rings. The highest BCUT2D eigenvalue weighted by molar-refractivity contribution is 6.00. The van der Waals surface area contributed by atoms with Gasteiger partial charge in [-0.15, -0.1) is 0 Å². The van der Waals surface area contributed by atoms with E-state index < -0.39 is 4.92 Å². The van der Waals surface area contributed by atoms with Crippen molar-refractivity contribution in [1.82, 2.24) is 0 Å². The Hall–Kier alpha value is -2.64. The summed E-state index contributed by atoms with van der Waals surface area (Å²) < 4.78 is 4.78. The zero-order chi connectivity index (χ0) is 15.4. The predicted molar refractivity (Wildman–Crippen MR) is 75.2 cm³/mol. The molecular formula is C13H15N3O5. The van der Waals surface area contributed by atoms with Crippen LogP contribution in [-0.2, 0) is 20.7 Å². The Morgan fingerprint density at radius 1 is 1.52 bits per heavy atom. The van der Waals surface area contributed by atoms with Crippen LogP contribution >= 0.6 is 0 Å². The number of anilines is 2. The molecule has 0 fully saturated rings. The molecular weight excluding hydrogens is 278 g/mol. The minimum absolute atomic E-state index is 0.106. The number of fused-ring (bicyclic) bond motifs is 1. The molecule has 8 nitrogen and oxygen atoms in total. The molecule has 0 bridgehead atoms. The highest BCUT2D eigenvalue weighted by Crippen LogP contribution is 2.34. The Morgan fingerprint density at radius 3 is 2.95 bits per heavy atom. The first kappa shape index (κ1) is 14.8. The van der Waals surface area contributed by atoms with E-state index in [9.17, 15) is 19.7 Å². The number of nitrogens with one attached hydrogen (secondary N) is 2. The summed E-state index contributed by atoms with van der Waals surface area (Å²) in [5.41, 5.74) is 1.31.